The summed E-state index contributed by atoms with van der Waals surface area (Å²) in [5.41, 5.74) is 1.83. The fourth-order valence-corrected chi connectivity index (χ4v) is 6.39. The Bertz CT molecular complexity index is 1520. The van der Waals surface area contributed by atoms with E-state index in [-0.39, 0.29) is 34.1 Å². The molecule has 1 amide bonds. The van der Waals surface area contributed by atoms with Gasteiger partial charge in [0.1, 0.15) is 16.5 Å². The van der Waals surface area contributed by atoms with Gasteiger partial charge in [-0.25, -0.2) is 13.4 Å². The highest BCUT2D eigenvalue weighted by Crippen LogP contribution is 2.42. The fraction of sp³-hybridized carbons (Fsp3) is 0.370. The van der Waals surface area contributed by atoms with E-state index < -0.39 is 10.0 Å². The molecule has 0 unspecified atom stereocenters. The molecular weight excluding hydrogens is 508 g/mol. The number of ether oxygens (including phenoxy) is 2. The van der Waals surface area contributed by atoms with Gasteiger partial charge in [-0.15, -0.1) is 0 Å². The van der Waals surface area contributed by atoms with Crippen LogP contribution in [-0.2, 0) is 19.6 Å². The number of nitrogens with one attached hydrogen (secondary N) is 1. The van der Waals surface area contributed by atoms with Gasteiger partial charge in [0, 0.05) is 31.9 Å². The summed E-state index contributed by atoms with van der Waals surface area (Å²) < 4.78 is 39.7. The Labute approximate surface area is 221 Å². The summed E-state index contributed by atoms with van der Waals surface area (Å²) in [6.07, 6.45) is 1.96. The van der Waals surface area contributed by atoms with Crippen molar-refractivity contribution in [2.45, 2.75) is 31.1 Å². The topological polar surface area (TPSA) is 118 Å². The lowest BCUT2D eigenvalue weighted by Gasteiger charge is -2.32. The zero-order chi connectivity index (χ0) is 27.0. The zero-order valence-electron chi connectivity index (χ0n) is 21.6. The van der Waals surface area contributed by atoms with E-state index in [1.807, 2.05) is 0 Å². The number of piperidine rings is 1. The molecule has 0 radical (unpaired) electrons. The van der Waals surface area contributed by atoms with Crippen LogP contribution in [0.3, 0.4) is 0 Å². The van der Waals surface area contributed by atoms with Crippen molar-refractivity contribution in [2.24, 2.45) is 5.92 Å². The number of carbonyl (C=O) groups excluding carboxylic acids is 2. The smallest absolute Gasteiger partial charge is 0.306 e. The summed E-state index contributed by atoms with van der Waals surface area (Å²) in [5.74, 6) is 0.691. The van der Waals surface area contributed by atoms with Gasteiger partial charge in [0.2, 0.25) is 0 Å². The lowest BCUT2D eigenvalue weighted by atomic mass is 9.93. The van der Waals surface area contributed by atoms with E-state index >= 15 is 0 Å². The van der Waals surface area contributed by atoms with Gasteiger partial charge in [-0.1, -0.05) is 12.1 Å². The Morgan fingerprint density at radius 3 is 2.61 bits per heavy atom. The molecule has 5 rings (SSSR count). The van der Waals surface area contributed by atoms with Crippen LogP contribution in [0.1, 0.15) is 36.5 Å². The summed E-state index contributed by atoms with van der Waals surface area (Å²) in [6.45, 7) is 3.49. The van der Waals surface area contributed by atoms with Crippen LogP contribution in [0.5, 0.6) is 5.75 Å². The summed E-state index contributed by atoms with van der Waals surface area (Å²) in [5, 5.41) is 0.610. The van der Waals surface area contributed by atoms with Gasteiger partial charge in [0.05, 0.1) is 36.2 Å². The number of sulfonamides is 1. The third kappa shape index (κ3) is 4.62. The minimum absolute atomic E-state index is 0.00263. The van der Waals surface area contributed by atoms with Crippen molar-refractivity contribution in [3.63, 3.8) is 0 Å². The summed E-state index contributed by atoms with van der Waals surface area (Å²) in [4.78, 5) is 33.5. The van der Waals surface area contributed by atoms with Crippen LogP contribution in [0.15, 0.2) is 47.4 Å². The van der Waals surface area contributed by atoms with Crippen molar-refractivity contribution in [1.82, 2.24) is 4.98 Å². The molecule has 1 N–H and O–H groups in total. The average Bonchev–Trinajstić information content (AvgIpc) is 3.16. The lowest BCUT2D eigenvalue weighted by Crippen LogP contribution is -2.35. The fourth-order valence-electron chi connectivity index (χ4n) is 5.16. The van der Waals surface area contributed by atoms with Crippen molar-refractivity contribution >= 4 is 50.0 Å². The van der Waals surface area contributed by atoms with E-state index in [4.69, 9.17) is 14.5 Å². The Kier molecular flexibility index (Phi) is 6.87. The lowest BCUT2D eigenvalue weighted by molar-refractivity contribution is -0.144. The van der Waals surface area contributed by atoms with Crippen molar-refractivity contribution in [3.8, 4) is 5.75 Å². The molecule has 38 heavy (non-hydrogen) atoms. The molecule has 1 fully saturated rings. The van der Waals surface area contributed by atoms with Crippen LogP contribution in [0.2, 0.25) is 0 Å². The maximum atomic E-state index is 13.4. The number of amides is 1. The number of anilines is 3. The average molecular weight is 539 g/mol. The number of nitrogens with zero attached hydrogens (tertiary/aromatic N) is 3. The molecule has 1 aromatic heterocycles. The second-order valence-electron chi connectivity index (χ2n) is 9.44. The third-order valence-electron chi connectivity index (χ3n) is 7.12. The Hall–Kier alpha value is -3.86. The van der Waals surface area contributed by atoms with E-state index in [1.165, 1.54) is 13.2 Å². The number of methoxy groups -OCH3 is 1. The van der Waals surface area contributed by atoms with Crippen LogP contribution in [-0.4, -0.2) is 59.1 Å². The molecule has 0 atom stereocenters. The molecule has 2 aliphatic rings. The first kappa shape index (κ1) is 25.8. The molecule has 3 heterocycles. The van der Waals surface area contributed by atoms with E-state index in [2.05, 4.69) is 9.62 Å². The van der Waals surface area contributed by atoms with E-state index in [9.17, 15) is 18.0 Å². The third-order valence-corrected chi connectivity index (χ3v) is 8.53. The molecule has 3 aromatic rings. The van der Waals surface area contributed by atoms with Gasteiger partial charge in [0.25, 0.3) is 15.9 Å². The number of hydrogen-bond donors (Lipinski definition) is 1. The second-order valence-corrected chi connectivity index (χ2v) is 11.1. The Morgan fingerprint density at radius 2 is 1.89 bits per heavy atom. The minimum atomic E-state index is -4.01. The number of carbonyl (C=O) groups is 2. The predicted octanol–water partition coefficient (Wildman–Crippen LogP) is 3.80. The highest BCUT2D eigenvalue weighted by atomic mass is 32.2. The van der Waals surface area contributed by atoms with Gasteiger partial charge >= 0.3 is 5.97 Å². The number of pyridine rings is 1. The maximum absolute atomic E-state index is 13.4. The summed E-state index contributed by atoms with van der Waals surface area (Å²) >= 11 is 0. The number of benzene rings is 2. The van der Waals surface area contributed by atoms with E-state index in [0.29, 0.717) is 54.1 Å². The zero-order valence-corrected chi connectivity index (χ0v) is 22.4. The van der Waals surface area contributed by atoms with Crippen molar-refractivity contribution < 1.29 is 27.5 Å². The molecule has 11 heteroatoms. The molecule has 1 saturated heterocycles. The van der Waals surface area contributed by atoms with Crippen molar-refractivity contribution in [2.75, 3.05) is 48.4 Å². The van der Waals surface area contributed by atoms with Crippen LogP contribution < -0.4 is 19.3 Å². The maximum Gasteiger partial charge on any atom is 0.306 e. The van der Waals surface area contributed by atoms with Crippen LogP contribution in [0.25, 0.3) is 10.9 Å². The largest absolute Gasteiger partial charge is 0.495 e. The van der Waals surface area contributed by atoms with E-state index in [1.54, 1.807) is 55.3 Å². The first-order valence-electron chi connectivity index (χ1n) is 12.6. The molecule has 0 bridgehead atoms. The molecule has 0 aliphatic carbocycles. The predicted molar refractivity (Wildman–Crippen MR) is 144 cm³/mol. The molecule has 0 saturated carbocycles. The molecule has 2 aliphatic heterocycles. The van der Waals surface area contributed by atoms with E-state index in [0.717, 1.165) is 12.8 Å². The second kappa shape index (κ2) is 10.1. The normalized spacial score (nSPS) is 15.7. The molecular formula is C27H30N4O6S. The SMILES string of the molecule is CCOC(=O)CC1CCN(c2cc3c4c(ccc(NS(=O)(=O)c5ccccc5OC)c4n2)N(C)C3=O)CC1. The van der Waals surface area contributed by atoms with Crippen LogP contribution in [0, 0.1) is 5.92 Å². The van der Waals surface area contributed by atoms with Crippen LogP contribution >= 0.6 is 0 Å². The minimum Gasteiger partial charge on any atom is -0.495 e. The summed E-state index contributed by atoms with van der Waals surface area (Å²) in [6, 6.07) is 11.5. The van der Waals surface area contributed by atoms with Crippen LogP contribution in [0.4, 0.5) is 17.2 Å². The number of para-hydroxylation sites is 1. The van der Waals surface area contributed by atoms with Gasteiger partial charge < -0.3 is 19.3 Å². The molecule has 10 nitrogen and oxygen atoms in total. The Balaban J connectivity index is 1.50. The number of esters is 1. The van der Waals surface area contributed by atoms with Crippen molar-refractivity contribution in [1.29, 1.82) is 0 Å². The van der Waals surface area contributed by atoms with Crippen molar-refractivity contribution in [3.05, 3.63) is 48.0 Å². The molecule has 0 spiro atoms. The molecule has 200 valence electrons. The van der Waals surface area contributed by atoms with Gasteiger partial charge in [-0.05, 0) is 56.0 Å². The first-order chi connectivity index (χ1) is 18.2. The quantitative estimate of drug-likeness (QED) is 0.430. The highest BCUT2D eigenvalue weighted by Gasteiger charge is 2.32. The molecule has 2 aromatic carbocycles. The van der Waals surface area contributed by atoms with Gasteiger partial charge in [0.15, 0.2) is 0 Å². The monoisotopic (exact) mass is 538 g/mol. The number of rotatable bonds is 8. The Morgan fingerprint density at radius 1 is 1.16 bits per heavy atom. The highest BCUT2D eigenvalue weighted by molar-refractivity contribution is 7.92. The number of aromatic nitrogens is 1. The summed E-state index contributed by atoms with van der Waals surface area (Å²) in [7, 11) is -0.906. The first-order valence-corrected chi connectivity index (χ1v) is 14.0. The number of hydrogen-bond acceptors (Lipinski definition) is 8. The van der Waals surface area contributed by atoms with Gasteiger partial charge in [-0.3, -0.25) is 14.3 Å². The standard InChI is InChI=1S/C27H30N4O6S/c1-4-37-24(32)15-17-11-13-31(14-12-17)23-16-18-25-20(30(2)27(18)33)10-9-19(26(25)28-23)29-38(34,35)22-8-6-5-7-21(22)36-3/h5-10,16-17,29H,4,11-15H2,1-3H3. The van der Waals surface area contributed by atoms with Gasteiger partial charge in [-0.2, -0.15) is 0 Å².